The van der Waals surface area contributed by atoms with Crippen LogP contribution in [0.5, 0.6) is 5.75 Å². The van der Waals surface area contributed by atoms with E-state index in [9.17, 15) is 9.90 Å². The van der Waals surface area contributed by atoms with Crippen molar-refractivity contribution in [1.82, 2.24) is 0 Å². The molecule has 3 nitrogen and oxygen atoms in total. The summed E-state index contributed by atoms with van der Waals surface area (Å²) in [6.45, 7) is 5.32. The van der Waals surface area contributed by atoms with Crippen molar-refractivity contribution in [2.24, 2.45) is 0 Å². The van der Waals surface area contributed by atoms with Crippen molar-refractivity contribution in [3.63, 3.8) is 0 Å². The van der Waals surface area contributed by atoms with Gasteiger partial charge in [-0.15, -0.1) is 11.6 Å². The minimum atomic E-state index is -0.897. The van der Waals surface area contributed by atoms with E-state index in [0.717, 1.165) is 0 Å². The van der Waals surface area contributed by atoms with Gasteiger partial charge in [0, 0.05) is 0 Å². The Bertz CT molecular complexity index is 382. The Morgan fingerprint density at radius 3 is 2.56 bits per heavy atom. The van der Waals surface area contributed by atoms with Crippen LogP contribution in [-0.4, -0.2) is 16.7 Å². The van der Waals surface area contributed by atoms with Gasteiger partial charge in [0.15, 0.2) is 5.38 Å². The predicted molar refractivity (Wildman–Crippen MR) is 62.5 cm³/mol. The summed E-state index contributed by atoms with van der Waals surface area (Å²) in [5, 5.41) is 8.37. The number of hydrogen-bond acceptors (Lipinski definition) is 3. The number of ether oxygens (including phenoxy) is 1. The number of carbonyl (C=O) groups excluding carboxylic acids is 1. The monoisotopic (exact) mass is 242 g/mol. The second-order valence-electron chi connectivity index (χ2n) is 4.49. The number of phenolic OH excluding ortho intramolecular Hbond substituents is 1. The summed E-state index contributed by atoms with van der Waals surface area (Å²) in [5.41, 5.74) is -0.0444. The second kappa shape index (κ2) is 4.74. The van der Waals surface area contributed by atoms with E-state index in [1.807, 2.05) is 0 Å². The van der Waals surface area contributed by atoms with Gasteiger partial charge in [0.05, 0.1) is 0 Å². The van der Waals surface area contributed by atoms with Gasteiger partial charge in [0.2, 0.25) is 0 Å². The molecule has 1 N–H and O–H groups in total. The molecule has 1 rings (SSSR count). The lowest BCUT2D eigenvalue weighted by Crippen LogP contribution is -2.26. The highest BCUT2D eigenvalue weighted by Gasteiger charge is 2.24. The maximum Gasteiger partial charge on any atom is 0.329 e. The third kappa shape index (κ3) is 3.74. The second-order valence-corrected chi connectivity index (χ2v) is 4.93. The van der Waals surface area contributed by atoms with E-state index in [4.69, 9.17) is 16.3 Å². The average Bonchev–Trinajstić information content (AvgIpc) is 2.14. The van der Waals surface area contributed by atoms with Crippen LogP contribution in [0.25, 0.3) is 0 Å². The first kappa shape index (κ1) is 12.8. The summed E-state index contributed by atoms with van der Waals surface area (Å²) in [5.74, 6) is -0.438. The molecule has 0 fully saturated rings. The van der Waals surface area contributed by atoms with E-state index in [-0.39, 0.29) is 5.75 Å². The summed E-state index contributed by atoms with van der Waals surface area (Å²) in [6, 6.07) is 6.26. The molecule has 0 amide bonds. The summed E-state index contributed by atoms with van der Waals surface area (Å²) in [7, 11) is 0. The van der Waals surface area contributed by atoms with Crippen LogP contribution < -0.4 is 0 Å². The molecule has 4 heteroatoms. The minimum absolute atomic E-state index is 0.0757. The minimum Gasteiger partial charge on any atom is -0.508 e. The molecule has 0 bridgehead atoms. The van der Waals surface area contributed by atoms with Crippen molar-refractivity contribution < 1.29 is 14.6 Å². The third-order valence-electron chi connectivity index (χ3n) is 1.78. The summed E-state index contributed by atoms with van der Waals surface area (Å²) in [4.78, 5) is 11.6. The number of carbonyl (C=O) groups is 1. The molecule has 88 valence electrons. The third-order valence-corrected chi connectivity index (χ3v) is 2.21. The Balaban J connectivity index is 2.78. The smallest absolute Gasteiger partial charge is 0.329 e. The van der Waals surface area contributed by atoms with Crippen LogP contribution in [0.2, 0.25) is 0 Å². The molecule has 0 radical (unpaired) electrons. The number of alkyl halides is 1. The van der Waals surface area contributed by atoms with Gasteiger partial charge in [-0.3, -0.25) is 4.79 Å². The molecular formula is C12H15ClO3. The first-order valence-electron chi connectivity index (χ1n) is 4.95. The molecule has 0 aliphatic carbocycles. The van der Waals surface area contributed by atoms with Crippen LogP contribution in [0.3, 0.4) is 0 Å². The molecule has 0 saturated carbocycles. The van der Waals surface area contributed by atoms with E-state index in [1.54, 1.807) is 32.9 Å². The fourth-order valence-electron chi connectivity index (χ4n) is 1.17. The van der Waals surface area contributed by atoms with E-state index in [2.05, 4.69) is 0 Å². The highest BCUT2D eigenvalue weighted by molar-refractivity contribution is 6.30. The van der Waals surface area contributed by atoms with Crippen molar-refractivity contribution in [2.75, 3.05) is 0 Å². The van der Waals surface area contributed by atoms with Crippen LogP contribution in [0.15, 0.2) is 24.3 Å². The standard InChI is InChI=1S/C12H15ClO3/c1-12(2,3)16-11(15)10(13)8-5-4-6-9(14)7-8/h4-7,10,14H,1-3H3. The van der Waals surface area contributed by atoms with Gasteiger partial charge in [-0.05, 0) is 38.5 Å². The van der Waals surface area contributed by atoms with Crippen LogP contribution in [-0.2, 0) is 9.53 Å². The van der Waals surface area contributed by atoms with Crippen LogP contribution in [0.4, 0.5) is 0 Å². The molecular weight excluding hydrogens is 228 g/mol. The number of phenols is 1. The Morgan fingerprint density at radius 1 is 1.44 bits per heavy atom. The van der Waals surface area contributed by atoms with E-state index in [0.29, 0.717) is 5.56 Å². The van der Waals surface area contributed by atoms with Gasteiger partial charge >= 0.3 is 5.97 Å². The lowest BCUT2D eigenvalue weighted by Gasteiger charge is -2.21. The molecule has 1 unspecified atom stereocenters. The Hall–Kier alpha value is -1.22. The molecule has 0 aliphatic heterocycles. The largest absolute Gasteiger partial charge is 0.508 e. The average molecular weight is 243 g/mol. The molecule has 16 heavy (non-hydrogen) atoms. The van der Waals surface area contributed by atoms with Crippen molar-refractivity contribution >= 4 is 17.6 Å². The molecule has 0 heterocycles. The lowest BCUT2D eigenvalue weighted by atomic mass is 10.1. The molecule has 0 aliphatic rings. The highest BCUT2D eigenvalue weighted by Crippen LogP contribution is 2.26. The molecule has 0 aromatic heterocycles. The number of aromatic hydroxyl groups is 1. The first-order valence-corrected chi connectivity index (χ1v) is 5.39. The maximum absolute atomic E-state index is 11.6. The number of hydrogen-bond donors (Lipinski definition) is 1. The SMILES string of the molecule is CC(C)(C)OC(=O)C(Cl)c1cccc(O)c1. The Morgan fingerprint density at radius 2 is 2.06 bits per heavy atom. The predicted octanol–water partition coefficient (Wildman–Crippen LogP) is 3.01. The van der Waals surface area contributed by atoms with E-state index < -0.39 is 16.9 Å². The van der Waals surface area contributed by atoms with Gasteiger partial charge in [-0.25, -0.2) is 0 Å². The zero-order chi connectivity index (χ0) is 12.3. The molecule has 0 spiro atoms. The zero-order valence-electron chi connectivity index (χ0n) is 9.53. The number of benzene rings is 1. The van der Waals surface area contributed by atoms with Crippen LogP contribution >= 0.6 is 11.6 Å². The lowest BCUT2D eigenvalue weighted by molar-refractivity contribution is -0.154. The number of halogens is 1. The van der Waals surface area contributed by atoms with Crippen molar-refractivity contribution in [3.05, 3.63) is 29.8 Å². The summed E-state index contributed by atoms with van der Waals surface area (Å²) >= 11 is 5.95. The van der Waals surface area contributed by atoms with Gasteiger partial charge in [0.1, 0.15) is 11.4 Å². The van der Waals surface area contributed by atoms with Crippen LogP contribution in [0, 0.1) is 0 Å². The fourth-order valence-corrected chi connectivity index (χ4v) is 1.35. The van der Waals surface area contributed by atoms with Crippen molar-refractivity contribution in [1.29, 1.82) is 0 Å². The van der Waals surface area contributed by atoms with Gasteiger partial charge in [-0.2, -0.15) is 0 Å². The van der Waals surface area contributed by atoms with Gasteiger partial charge in [-0.1, -0.05) is 12.1 Å². The Labute approximate surface area is 100.0 Å². The van der Waals surface area contributed by atoms with Crippen molar-refractivity contribution in [2.45, 2.75) is 31.7 Å². The van der Waals surface area contributed by atoms with E-state index >= 15 is 0 Å². The number of esters is 1. The normalized spacial score (nSPS) is 13.2. The quantitative estimate of drug-likeness (QED) is 0.641. The summed E-state index contributed by atoms with van der Waals surface area (Å²) in [6.07, 6.45) is 0. The maximum atomic E-state index is 11.6. The topological polar surface area (TPSA) is 46.5 Å². The molecule has 0 saturated heterocycles. The number of rotatable bonds is 2. The Kier molecular flexibility index (Phi) is 3.81. The zero-order valence-corrected chi connectivity index (χ0v) is 10.3. The molecule has 1 aromatic carbocycles. The van der Waals surface area contributed by atoms with Gasteiger partial charge in [0.25, 0.3) is 0 Å². The van der Waals surface area contributed by atoms with Crippen LogP contribution in [0.1, 0.15) is 31.7 Å². The molecule has 1 aromatic rings. The van der Waals surface area contributed by atoms with E-state index in [1.165, 1.54) is 12.1 Å². The first-order chi connectivity index (χ1) is 7.29. The summed E-state index contributed by atoms with van der Waals surface area (Å²) < 4.78 is 5.14. The fraction of sp³-hybridized carbons (Fsp3) is 0.417. The highest BCUT2D eigenvalue weighted by atomic mass is 35.5. The molecule has 1 atom stereocenters. The van der Waals surface area contributed by atoms with Gasteiger partial charge < -0.3 is 9.84 Å². The van der Waals surface area contributed by atoms with Crippen molar-refractivity contribution in [3.8, 4) is 5.75 Å².